The lowest BCUT2D eigenvalue weighted by Crippen LogP contribution is -1.94. The minimum atomic E-state index is -0.906. The molecule has 0 spiro atoms. The number of aryl methyl sites for hydroxylation is 1. The number of benzene rings is 1. The molecule has 0 aliphatic carbocycles. The third-order valence-corrected chi connectivity index (χ3v) is 4.29. The first-order valence-corrected chi connectivity index (χ1v) is 7.62. The van der Waals surface area contributed by atoms with E-state index in [1.54, 1.807) is 18.7 Å². The molecule has 0 aliphatic heterocycles. The number of thiazole rings is 1. The van der Waals surface area contributed by atoms with Crippen molar-refractivity contribution in [2.45, 2.75) is 12.7 Å². The Kier molecular flexibility index (Phi) is 4.04. The van der Waals surface area contributed by atoms with Crippen LogP contribution in [0.5, 0.6) is 0 Å². The summed E-state index contributed by atoms with van der Waals surface area (Å²) in [7, 11) is 0. The van der Waals surface area contributed by atoms with Gasteiger partial charge in [0.1, 0.15) is 9.88 Å². The van der Waals surface area contributed by atoms with Crippen LogP contribution < -0.4 is 0 Å². The van der Waals surface area contributed by atoms with Crippen molar-refractivity contribution in [1.82, 2.24) is 4.98 Å². The highest BCUT2D eigenvalue weighted by Crippen LogP contribution is 2.28. The third kappa shape index (κ3) is 2.73. The maximum absolute atomic E-state index is 11.0. The van der Waals surface area contributed by atoms with Gasteiger partial charge in [0.05, 0.1) is 5.69 Å². The van der Waals surface area contributed by atoms with E-state index in [0.29, 0.717) is 10.6 Å². The Hall–Kier alpha value is -1.33. The second kappa shape index (κ2) is 5.54. The summed E-state index contributed by atoms with van der Waals surface area (Å²) >= 11 is 2.99. The minimum absolute atomic E-state index is 0.320. The van der Waals surface area contributed by atoms with E-state index in [-0.39, 0.29) is 0 Å². The number of hydrogen-bond donors (Lipinski definition) is 1. The van der Waals surface area contributed by atoms with Crippen molar-refractivity contribution in [3.05, 3.63) is 40.4 Å². The molecule has 0 bridgehead atoms. The van der Waals surface area contributed by atoms with Gasteiger partial charge >= 0.3 is 5.97 Å². The number of thioether (sulfide) groups is 1. The first-order valence-electron chi connectivity index (χ1n) is 5.41. The van der Waals surface area contributed by atoms with Gasteiger partial charge in [-0.25, -0.2) is 9.78 Å². The summed E-state index contributed by atoms with van der Waals surface area (Å²) < 4.78 is 0. The molecule has 5 heteroatoms. The highest BCUT2D eigenvalue weighted by atomic mass is 32.2. The zero-order valence-electron chi connectivity index (χ0n) is 10.1. The summed E-state index contributed by atoms with van der Waals surface area (Å²) in [5, 5.41) is 9.80. The number of rotatable bonds is 4. The lowest BCUT2D eigenvalue weighted by molar-refractivity contribution is 0.0701. The van der Waals surface area contributed by atoms with E-state index in [0.717, 1.165) is 16.3 Å². The van der Waals surface area contributed by atoms with E-state index in [4.69, 9.17) is 5.11 Å². The molecule has 0 fully saturated rings. The Labute approximate surface area is 114 Å². The molecule has 0 unspecified atom stereocenters. The van der Waals surface area contributed by atoms with Crippen LogP contribution in [0.4, 0.5) is 0 Å². The van der Waals surface area contributed by atoms with Crippen LogP contribution in [0.3, 0.4) is 0 Å². The van der Waals surface area contributed by atoms with Crippen LogP contribution in [-0.4, -0.2) is 22.3 Å². The van der Waals surface area contributed by atoms with Crippen LogP contribution in [0.2, 0.25) is 0 Å². The van der Waals surface area contributed by atoms with Crippen LogP contribution >= 0.6 is 23.1 Å². The van der Waals surface area contributed by atoms with E-state index in [2.05, 4.69) is 23.4 Å². The van der Waals surface area contributed by atoms with Gasteiger partial charge in [0.25, 0.3) is 0 Å². The molecule has 1 aromatic carbocycles. The average Bonchev–Trinajstić information content (AvgIpc) is 2.72. The molecule has 2 rings (SSSR count). The highest BCUT2D eigenvalue weighted by molar-refractivity contribution is 7.97. The molecule has 94 valence electrons. The fourth-order valence-electron chi connectivity index (χ4n) is 1.68. The number of carbonyl (C=O) groups is 1. The summed E-state index contributed by atoms with van der Waals surface area (Å²) in [6, 6.07) is 8.09. The quantitative estimate of drug-likeness (QED) is 0.927. The Morgan fingerprint density at radius 3 is 2.89 bits per heavy atom. The molecule has 0 aliphatic rings. The normalized spacial score (nSPS) is 10.6. The van der Waals surface area contributed by atoms with Gasteiger partial charge in [0, 0.05) is 11.3 Å². The van der Waals surface area contributed by atoms with Gasteiger partial charge in [-0.3, -0.25) is 0 Å². The van der Waals surface area contributed by atoms with Gasteiger partial charge in [0.15, 0.2) is 0 Å². The average molecular weight is 279 g/mol. The van der Waals surface area contributed by atoms with Gasteiger partial charge in [-0.05, 0) is 24.8 Å². The first kappa shape index (κ1) is 13.1. The zero-order valence-corrected chi connectivity index (χ0v) is 11.8. The van der Waals surface area contributed by atoms with Crippen LogP contribution in [0.15, 0.2) is 24.3 Å². The fraction of sp³-hybridized carbons (Fsp3) is 0.231. The maximum atomic E-state index is 11.0. The van der Waals surface area contributed by atoms with Crippen LogP contribution in [0.1, 0.15) is 20.9 Å². The summed E-state index contributed by atoms with van der Waals surface area (Å²) in [6.45, 7) is 1.73. The van der Waals surface area contributed by atoms with Gasteiger partial charge in [-0.1, -0.05) is 18.2 Å². The van der Waals surface area contributed by atoms with Gasteiger partial charge in [-0.15, -0.1) is 11.3 Å². The van der Waals surface area contributed by atoms with Crippen molar-refractivity contribution in [1.29, 1.82) is 0 Å². The molecule has 0 radical (unpaired) electrons. The Bertz CT molecular complexity index is 578. The highest BCUT2D eigenvalue weighted by Gasteiger charge is 2.14. The Morgan fingerprint density at radius 2 is 2.28 bits per heavy atom. The predicted molar refractivity (Wildman–Crippen MR) is 76.5 cm³/mol. The number of aromatic nitrogens is 1. The molecule has 3 nitrogen and oxygen atoms in total. The lowest BCUT2D eigenvalue weighted by atomic mass is 10.1. The van der Waals surface area contributed by atoms with E-state index < -0.39 is 5.97 Å². The Morgan fingerprint density at radius 1 is 1.50 bits per heavy atom. The molecule has 0 saturated heterocycles. The smallest absolute Gasteiger partial charge is 0.347 e. The summed E-state index contributed by atoms with van der Waals surface area (Å²) in [6.07, 6.45) is 2.06. The molecule has 1 aromatic heterocycles. The molecule has 0 amide bonds. The molecule has 2 aromatic rings. The van der Waals surface area contributed by atoms with Crippen molar-refractivity contribution in [2.24, 2.45) is 0 Å². The van der Waals surface area contributed by atoms with Crippen LogP contribution in [0, 0.1) is 6.92 Å². The minimum Gasteiger partial charge on any atom is -0.477 e. The second-order valence-corrected chi connectivity index (χ2v) is 5.74. The monoisotopic (exact) mass is 279 g/mol. The number of aromatic carboxylic acids is 1. The van der Waals surface area contributed by atoms with E-state index in [9.17, 15) is 4.79 Å². The van der Waals surface area contributed by atoms with Crippen molar-refractivity contribution >= 4 is 29.1 Å². The summed E-state index contributed by atoms with van der Waals surface area (Å²) in [5.41, 5.74) is 2.80. The summed E-state index contributed by atoms with van der Waals surface area (Å²) in [4.78, 5) is 15.7. The van der Waals surface area contributed by atoms with E-state index in [1.807, 2.05) is 12.1 Å². The number of carboxylic acids is 1. The largest absolute Gasteiger partial charge is 0.477 e. The zero-order chi connectivity index (χ0) is 13.1. The van der Waals surface area contributed by atoms with Gasteiger partial charge in [0.2, 0.25) is 0 Å². The van der Waals surface area contributed by atoms with Crippen LogP contribution in [0.25, 0.3) is 10.6 Å². The van der Waals surface area contributed by atoms with E-state index >= 15 is 0 Å². The topological polar surface area (TPSA) is 50.2 Å². The second-order valence-electron chi connectivity index (χ2n) is 3.87. The van der Waals surface area contributed by atoms with Gasteiger partial charge in [-0.2, -0.15) is 11.8 Å². The maximum Gasteiger partial charge on any atom is 0.347 e. The molecule has 1 heterocycles. The van der Waals surface area contributed by atoms with E-state index in [1.165, 1.54) is 16.9 Å². The molecule has 0 saturated carbocycles. The predicted octanol–water partition coefficient (Wildman–Crippen LogP) is 3.68. The number of hydrogen-bond acceptors (Lipinski definition) is 4. The lowest BCUT2D eigenvalue weighted by Gasteiger charge is -2.01. The summed E-state index contributed by atoms with van der Waals surface area (Å²) in [5.74, 6) is 0.0424. The molecule has 0 atom stereocenters. The standard InChI is InChI=1S/C13H13NO2S2/c1-8-11(13(15)16)18-12(14-8)10-5-3-4-9(6-10)7-17-2/h3-6H,7H2,1-2H3,(H,15,16). The van der Waals surface area contributed by atoms with Crippen molar-refractivity contribution in [3.63, 3.8) is 0 Å². The fourth-order valence-corrected chi connectivity index (χ4v) is 3.09. The molecule has 18 heavy (non-hydrogen) atoms. The van der Waals surface area contributed by atoms with Crippen LogP contribution in [-0.2, 0) is 5.75 Å². The molecular weight excluding hydrogens is 266 g/mol. The first-order chi connectivity index (χ1) is 8.61. The SMILES string of the molecule is CSCc1cccc(-c2nc(C)c(C(=O)O)s2)c1. The third-order valence-electron chi connectivity index (χ3n) is 2.48. The Balaban J connectivity index is 2.39. The number of nitrogens with zero attached hydrogens (tertiary/aromatic N) is 1. The van der Waals surface area contributed by atoms with Crippen molar-refractivity contribution in [2.75, 3.05) is 6.26 Å². The molecular formula is C13H13NO2S2. The number of carboxylic acid groups (broad SMARTS) is 1. The molecule has 1 N–H and O–H groups in total. The van der Waals surface area contributed by atoms with Gasteiger partial charge < -0.3 is 5.11 Å². The van der Waals surface area contributed by atoms with Crippen molar-refractivity contribution < 1.29 is 9.90 Å². The van der Waals surface area contributed by atoms with Crippen molar-refractivity contribution in [3.8, 4) is 10.6 Å².